The number of hydrogen-bond acceptors (Lipinski definition) is 3. The Labute approximate surface area is 169 Å². The minimum Gasteiger partial charge on any atom is -0.497 e. The van der Waals surface area contributed by atoms with Crippen molar-refractivity contribution < 1.29 is 14.3 Å². The minimum absolute atomic E-state index is 0.00594. The van der Waals surface area contributed by atoms with Crippen molar-refractivity contribution in [3.63, 3.8) is 0 Å². The molecule has 3 rings (SSSR count). The fourth-order valence-electron chi connectivity index (χ4n) is 3.26. The van der Waals surface area contributed by atoms with Gasteiger partial charge in [0.05, 0.1) is 19.0 Å². The Hall–Kier alpha value is -2.79. The van der Waals surface area contributed by atoms with Crippen LogP contribution in [0.15, 0.2) is 42.5 Å². The smallest absolute Gasteiger partial charge is 0.262 e. The van der Waals surface area contributed by atoms with Crippen LogP contribution in [0.1, 0.15) is 28.5 Å². The van der Waals surface area contributed by atoms with E-state index in [1.165, 1.54) is 0 Å². The van der Waals surface area contributed by atoms with E-state index < -0.39 is 0 Å². The lowest BCUT2D eigenvalue weighted by atomic mass is 10.1. The van der Waals surface area contributed by atoms with Crippen LogP contribution in [0, 0.1) is 6.92 Å². The van der Waals surface area contributed by atoms with Gasteiger partial charge in [0, 0.05) is 35.3 Å². The molecule has 0 spiro atoms. The first-order valence-corrected chi connectivity index (χ1v) is 9.47. The van der Waals surface area contributed by atoms with Gasteiger partial charge < -0.3 is 9.64 Å². The highest BCUT2D eigenvalue weighted by Gasteiger charge is 2.22. The molecule has 0 unspecified atom stereocenters. The number of aromatic nitrogens is 1. The largest absolute Gasteiger partial charge is 0.497 e. The van der Waals surface area contributed by atoms with E-state index in [1.807, 2.05) is 32.0 Å². The molecule has 1 amide bonds. The molecule has 0 aliphatic heterocycles. The number of carbonyl (C=O) groups excluding carboxylic acids is 2. The fraction of sp³-hybridized carbons (Fsp3) is 0.273. The fourth-order valence-corrected chi connectivity index (χ4v) is 3.38. The van der Waals surface area contributed by atoms with Crippen molar-refractivity contribution >= 4 is 34.3 Å². The summed E-state index contributed by atoms with van der Waals surface area (Å²) in [6.45, 7) is 4.43. The SMILES string of the molecule is CCN(C)C(=O)Cc1c(C)n(C(=O)c2ccc(Cl)cc2)c2ccc(OC)cc12. The summed E-state index contributed by atoms with van der Waals surface area (Å²) in [5.41, 5.74) is 2.87. The summed E-state index contributed by atoms with van der Waals surface area (Å²) in [6.07, 6.45) is 0.223. The maximum Gasteiger partial charge on any atom is 0.262 e. The lowest BCUT2D eigenvalue weighted by Crippen LogP contribution is -2.28. The van der Waals surface area contributed by atoms with Crippen LogP contribution in [0.25, 0.3) is 10.9 Å². The molecule has 6 heteroatoms. The highest BCUT2D eigenvalue weighted by molar-refractivity contribution is 6.30. The molecule has 28 heavy (non-hydrogen) atoms. The molecule has 0 atom stereocenters. The molecule has 0 N–H and O–H groups in total. The number of carbonyl (C=O) groups is 2. The van der Waals surface area contributed by atoms with Gasteiger partial charge in [0.2, 0.25) is 5.91 Å². The second kappa shape index (κ2) is 8.07. The van der Waals surface area contributed by atoms with Crippen molar-refractivity contribution in [1.29, 1.82) is 0 Å². The molecular weight excluding hydrogens is 376 g/mol. The summed E-state index contributed by atoms with van der Waals surface area (Å²) in [6, 6.07) is 12.3. The number of halogens is 1. The van der Waals surface area contributed by atoms with Crippen molar-refractivity contribution in [2.75, 3.05) is 20.7 Å². The number of rotatable bonds is 5. The van der Waals surface area contributed by atoms with Crippen LogP contribution in [0.2, 0.25) is 5.02 Å². The van der Waals surface area contributed by atoms with Crippen LogP contribution in [0.4, 0.5) is 0 Å². The molecule has 0 radical (unpaired) electrons. The van der Waals surface area contributed by atoms with Gasteiger partial charge in [-0.05, 0) is 61.9 Å². The van der Waals surface area contributed by atoms with E-state index in [0.29, 0.717) is 22.9 Å². The van der Waals surface area contributed by atoms with Gasteiger partial charge >= 0.3 is 0 Å². The Morgan fingerprint density at radius 3 is 2.43 bits per heavy atom. The van der Waals surface area contributed by atoms with Crippen LogP contribution in [0.5, 0.6) is 5.75 Å². The Morgan fingerprint density at radius 1 is 1.14 bits per heavy atom. The third kappa shape index (κ3) is 3.62. The van der Waals surface area contributed by atoms with E-state index in [1.54, 1.807) is 47.9 Å². The van der Waals surface area contributed by atoms with E-state index in [2.05, 4.69) is 0 Å². The predicted octanol–water partition coefficient (Wildman–Crippen LogP) is 4.32. The molecule has 3 aromatic rings. The predicted molar refractivity (Wildman–Crippen MR) is 111 cm³/mol. The van der Waals surface area contributed by atoms with E-state index in [9.17, 15) is 9.59 Å². The average molecular weight is 399 g/mol. The lowest BCUT2D eigenvalue weighted by Gasteiger charge is -2.14. The number of methoxy groups -OCH3 is 1. The standard InChI is InChI=1S/C22H23ClN2O3/c1-5-24(3)21(26)13-18-14(2)25(20-11-10-17(28-4)12-19(18)20)22(27)15-6-8-16(23)9-7-15/h6-12H,5,13H2,1-4H3. The third-order valence-corrected chi connectivity index (χ3v) is 5.32. The molecular formula is C22H23ClN2O3. The number of likely N-dealkylation sites (N-methyl/N-ethyl adjacent to an activating group) is 1. The second-order valence-electron chi connectivity index (χ2n) is 6.68. The zero-order valence-corrected chi connectivity index (χ0v) is 17.2. The van der Waals surface area contributed by atoms with Gasteiger partial charge in [0.15, 0.2) is 0 Å². The maximum atomic E-state index is 13.2. The van der Waals surface area contributed by atoms with Crippen LogP contribution in [-0.2, 0) is 11.2 Å². The third-order valence-electron chi connectivity index (χ3n) is 5.06. The Balaban J connectivity index is 2.17. The van der Waals surface area contributed by atoms with Crippen LogP contribution in [0.3, 0.4) is 0 Å². The number of ether oxygens (including phenoxy) is 1. The summed E-state index contributed by atoms with van der Waals surface area (Å²) in [4.78, 5) is 27.5. The van der Waals surface area contributed by atoms with Crippen molar-refractivity contribution in [2.45, 2.75) is 20.3 Å². The summed E-state index contributed by atoms with van der Waals surface area (Å²) in [7, 11) is 3.37. The topological polar surface area (TPSA) is 51.5 Å². The molecule has 0 saturated carbocycles. The first kappa shape index (κ1) is 20.0. The Morgan fingerprint density at radius 2 is 1.82 bits per heavy atom. The number of benzene rings is 2. The minimum atomic E-state index is -0.160. The lowest BCUT2D eigenvalue weighted by molar-refractivity contribution is -0.128. The number of nitrogens with zero attached hydrogens (tertiary/aromatic N) is 2. The number of fused-ring (bicyclic) bond motifs is 1. The highest BCUT2D eigenvalue weighted by atomic mass is 35.5. The first-order chi connectivity index (χ1) is 13.4. The van der Waals surface area contributed by atoms with Crippen LogP contribution < -0.4 is 4.74 Å². The number of amides is 1. The molecule has 2 aromatic carbocycles. The second-order valence-corrected chi connectivity index (χ2v) is 7.12. The maximum absolute atomic E-state index is 13.2. The van der Waals surface area contributed by atoms with Gasteiger partial charge in [-0.1, -0.05) is 11.6 Å². The molecule has 0 bridgehead atoms. The molecule has 146 valence electrons. The van der Waals surface area contributed by atoms with Crippen molar-refractivity contribution in [3.05, 3.63) is 64.3 Å². The number of hydrogen-bond donors (Lipinski definition) is 0. The molecule has 5 nitrogen and oxygen atoms in total. The van der Waals surface area contributed by atoms with Gasteiger partial charge in [-0.15, -0.1) is 0 Å². The molecule has 0 aliphatic rings. The van der Waals surface area contributed by atoms with Crippen molar-refractivity contribution in [3.8, 4) is 5.75 Å². The summed E-state index contributed by atoms with van der Waals surface area (Å²) in [5.74, 6) is 0.527. The summed E-state index contributed by atoms with van der Waals surface area (Å²) in [5, 5.41) is 1.42. The molecule has 1 aromatic heterocycles. The monoisotopic (exact) mass is 398 g/mol. The molecule has 0 aliphatic carbocycles. The molecule has 1 heterocycles. The van der Waals surface area contributed by atoms with E-state index in [0.717, 1.165) is 22.2 Å². The quantitative estimate of drug-likeness (QED) is 0.643. The first-order valence-electron chi connectivity index (χ1n) is 9.09. The van der Waals surface area contributed by atoms with Gasteiger partial charge in [-0.3, -0.25) is 14.2 Å². The van der Waals surface area contributed by atoms with Gasteiger partial charge in [0.1, 0.15) is 5.75 Å². The van der Waals surface area contributed by atoms with Crippen LogP contribution >= 0.6 is 11.6 Å². The molecule has 0 fully saturated rings. The van der Waals surface area contributed by atoms with E-state index in [4.69, 9.17) is 16.3 Å². The summed E-state index contributed by atoms with van der Waals surface area (Å²) >= 11 is 5.95. The Bertz CT molecular complexity index is 1040. The van der Waals surface area contributed by atoms with E-state index >= 15 is 0 Å². The zero-order valence-electron chi connectivity index (χ0n) is 16.5. The van der Waals surface area contributed by atoms with Crippen molar-refractivity contribution in [2.24, 2.45) is 0 Å². The van der Waals surface area contributed by atoms with Gasteiger partial charge in [-0.25, -0.2) is 0 Å². The van der Waals surface area contributed by atoms with Gasteiger partial charge in [0.25, 0.3) is 5.91 Å². The van der Waals surface area contributed by atoms with Crippen molar-refractivity contribution in [1.82, 2.24) is 9.47 Å². The van der Waals surface area contributed by atoms with E-state index in [-0.39, 0.29) is 18.2 Å². The van der Waals surface area contributed by atoms with Gasteiger partial charge in [-0.2, -0.15) is 0 Å². The highest BCUT2D eigenvalue weighted by Crippen LogP contribution is 2.31. The Kier molecular flexibility index (Phi) is 5.75. The summed E-state index contributed by atoms with van der Waals surface area (Å²) < 4.78 is 7.01. The zero-order chi connectivity index (χ0) is 20.4. The normalized spacial score (nSPS) is 10.9. The average Bonchev–Trinajstić information content (AvgIpc) is 2.98. The molecule has 0 saturated heterocycles. The van der Waals surface area contributed by atoms with Crippen LogP contribution in [-0.4, -0.2) is 42.0 Å².